The molecule has 0 saturated heterocycles. The van der Waals surface area contributed by atoms with Crippen LogP contribution in [-0.2, 0) is 6.42 Å². The smallest absolute Gasteiger partial charge is 0.428 e. The number of unbranched alkanes of at least 4 members (excludes halogenated alkanes) is 2. The Morgan fingerprint density at radius 3 is 2.19 bits per heavy atom. The maximum atomic E-state index is 13.0. The van der Waals surface area contributed by atoms with Crippen molar-refractivity contribution in [2.75, 3.05) is 0 Å². The molecule has 0 amide bonds. The van der Waals surface area contributed by atoms with Gasteiger partial charge in [0, 0.05) is 11.5 Å². The van der Waals surface area contributed by atoms with E-state index in [4.69, 9.17) is 0 Å². The van der Waals surface area contributed by atoms with E-state index in [2.05, 4.69) is 47.8 Å². The molecule has 0 spiro atoms. The molecule has 2 aromatic rings. The summed E-state index contributed by atoms with van der Waals surface area (Å²) < 4.78 is 54.4. The van der Waals surface area contributed by atoms with Crippen molar-refractivity contribution in [3.63, 3.8) is 0 Å². The molecule has 0 heterocycles. The van der Waals surface area contributed by atoms with Crippen LogP contribution in [0, 0.1) is 17.8 Å². The van der Waals surface area contributed by atoms with E-state index in [9.17, 15) is 17.6 Å². The summed E-state index contributed by atoms with van der Waals surface area (Å²) in [7, 11) is 0. The Morgan fingerprint density at radius 2 is 1.59 bits per heavy atom. The predicted octanol–water partition coefficient (Wildman–Crippen LogP) is 7.98. The van der Waals surface area contributed by atoms with Crippen molar-refractivity contribution < 1.29 is 22.3 Å². The molecule has 2 aromatic carbocycles. The molecule has 1 aliphatic carbocycles. The zero-order valence-electron chi connectivity index (χ0n) is 18.4. The van der Waals surface area contributed by atoms with Gasteiger partial charge in [0.25, 0.3) is 0 Å². The van der Waals surface area contributed by atoms with Crippen molar-refractivity contribution in [3.05, 3.63) is 65.2 Å². The molecule has 5 heteroatoms. The third-order valence-electron chi connectivity index (χ3n) is 6.03. The van der Waals surface area contributed by atoms with Crippen LogP contribution in [0.1, 0.15) is 74.5 Å². The van der Waals surface area contributed by atoms with E-state index in [0.29, 0.717) is 17.4 Å². The van der Waals surface area contributed by atoms with Gasteiger partial charge in [-0.1, -0.05) is 55.9 Å². The number of halogens is 4. The number of hydrogen-bond donors (Lipinski definition) is 0. The second-order valence-electron chi connectivity index (χ2n) is 8.51. The lowest BCUT2D eigenvalue weighted by molar-refractivity contribution is -0.253. The standard InChI is InChI=1S/C27H30F4O/c1-2-3-4-5-20-8-14-23(15-9-20)24-16-10-21(11-17-24)6-7-22-12-18-25(19-13-22)32-27(30,31)26(28)29/h8-9,12-15,18-19,21,24,26H,2-5,10-11,16-17H2,1H3. The molecule has 0 unspecified atom stereocenters. The van der Waals surface area contributed by atoms with Gasteiger partial charge in [0.15, 0.2) is 0 Å². The van der Waals surface area contributed by atoms with E-state index in [1.165, 1.54) is 54.7 Å². The van der Waals surface area contributed by atoms with Crippen molar-refractivity contribution in [3.8, 4) is 17.6 Å². The lowest BCUT2D eigenvalue weighted by atomic mass is 9.78. The normalized spacial score (nSPS) is 18.8. The lowest BCUT2D eigenvalue weighted by Gasteiger charge is -2.26. The molecule has 0 aliphatic heterocycles. The first-order valence-electron chi connectivity index (χ1n) is 11.4. The van der Waals surface area contributed by atoms with Gasteiger partial charge in [-0.25, -0.2) is 0 Å². The minimum Gasteiger partial charge on any atom is -0.428 e. The Kier molecular flexibility index (Phi) is 8.61. The van der Waals surface area contributed by atoms with Gasteiger partial charge in [-0.2, -0.15) is 17.6 Å². The van der Waals surface area contributed by atoms with Gasteiger partial charge in [0.1, 0.15) is 5.75 Å². The second-order valence-corrected chi connectivity index (χ2v) is 8.51. The number of ether oxygens (including phenoxy) is 1. The third kappa shape index (κ3) is 7.02. The molecular formula is C27H30F4O. The van der Waals surface area contributed by atoms with Gasteiger partial charge < -0.3 is 4.74 Å². The average molecular weight is 447 g/mol. The molecule has 0 radical (unpaired) electrons. The number of hydrogen-bond acceptors (Lipinski definition) is 1. The quantitative estimate of drug-likeness (QED) is 0.227. The minimum atomic E-state index is -4.50. The highest BCUT2D eigenvalue weighted by molar-refractivity contribution is 5.39. The summed E-state index contributed by atoms with van der Waals surface area (Å²) in [6.45, 7) is 2.22. The monoisotopic (exact) mass is 446 g/mol. The van der Waals surface area contributed by atoms with E-state index in [1.54, 1.807) is 0 Å². The number of benzene rings is 2. The fraction of sp³-hybridized carbons (Fsp3) is 0.481. The van der Waals surface area contributed by atoms with Crippen LogP contribution < -0.4 is 4.74 Å². The zero-order chi connectivity index (χ0) is 23.0. The van der Waals surface area contributed by atoms with Gasteiger partial charge in [-0.15, -0.1) is 0 Å². The van der Waals surface area contributed by atoms with Crippen LogP contribution in [0.4, 0.5) is 17.6 Å². The molecule has 0 atom stereocenters. The van der Waals surface area contributed by atoms with E-state index in [0.717, 1.165) is 32.1 Å². The molecule has 1 saturated carbocycles. The average Bonchev–Trinajstić information content (AvgIpc) is 2.79. The highest BCUT2D eigenvalue weighted by atomic mass is 19.3. The van der Waals surface area contributed by atoms with Crippen molar-refractivity contribution in [1.29, 1.82) is 0 Å². The zero-order valence-corrected chi connectivity index (χ0v) is 18.4. The van der Waals surface area contributed by atoms with Crippen LogP contribution in [0.3, 0.4) is 0 Å². The summed E-state index contributed by atoms with van der Waals surface area (Å²) in [5, 5.41) is 0. The van der Waals surface area contributed by atoms with Gasteiger partial charge in [-0.3, -0.25) is 0 Å². The Bertz CT molecular complexity index is 886. The highest BCUT2D eigenvalue weighted by Gasteiger charge is 2.43. The topological polar surface area (TPSA) is 9.23 Å². The van der Waals surface area contributed by atoms with Crippen molar-refractivity contribution in [2.24, 2.45) is 5.92 Å². The van der Waals surface area contributed by atoms with Crippen LogP contribution in [0.2, 0.25) is 0 Å². The van der Waals surface area contributed by atoms with E-state index in [-0.39, 0.29) is 5.75 Å². The Balaban J connectivity index is 1.48. The molecule has 1 aliphatic rings. The fourth-order valence-corrected chi connectivity index (χ4v) is 4.10. The SMILES string of the molecule is CCCCCc1ccc(C2CCC(C#Cc3ccc(OC(F)(F)C(F)F)cc3)CC2)cc1. The van der Waals surface area contributed by atoms with Crippen molar-refractivity contribution in [2.45, 2.75) is 76.7 Å². The van der Waals surface area contributed by atoms with Crippen LogP contribution in [0.5, 0.6) is 5.75 Å². The molecule has 32 heavy (non-hydrogen) atoms. The predicted molar refractivity (Wildman–Crippen MR) is 119 cm³/mol. The Morgan fingerprint density at radius 1 is 0.938 bits per heavy atom. The van der Waals surface area contributed by atoms with Gasteiger partial charge >= 0.3 is 12.5 Å². The first kappa shape index (κ1) is 24.2. The Labute approximate surface area is 188 Å². The van der Waals surface area contributed by atoms with E-state index >= 15 is 0 Å². The van der Waals surface area contributed by atoms with Crippen molar-refractivity contribution in [1.82, 2.24) is 0 Å². The summed E-state index contributed by atoms with van der Waals surface area (Å²) in [6.07, 6.45) is 0.796. The second kappa shape index (κ2) is 11.4. The molecule has 0 bridgehead atoms. The van der Waals surface area contributed by atoms with Crippen LogP contribution >= 0.6 is 0 Å². The Hall–Kier alpha value is -2.48. The first-order valence-corrected chi connectivity index (χ1v) is 11.4. The molecule has 0 N–H and O–H groups in total. The molecule has 3 rings (SSSR count). The molecular weight excluding hydrogens is 416 g/mol. The summed E-state index contributed by atoms with van der Waals surface area (Å²) >= 11 is 0. The van der Waals surface area contributed by atoms with E-state index < -0.39 is 12.5 Å². The maximum Gasteiger partial charge on any atom is 0.461 e. The number of alkyl halides is 4. The van der Waals surface area contributed by atoms with Crippen molar-refractivity contribution >= 4 is 0 Å². The van der Waals surface area contributed by atoms with E-state index in [1.807, 2.05) is 0 Å². The third-order valence-corrected chi connectivity index (χ3v) is 6.03. The number of aryl methyl sites for hydroxylation is 1. The molecule has 0 aromatic heterocycles. The first-order chi connectivity index (χ1) is 15.4. The molecule has 1 fully saturated rings. The maximum absolute atomic E-state index is 13.0. The van der Waals surface area contributed by atoms with Crippen LogP contribution in [-0.4, -0.2) is 12.5 Å². The minimum absolute atomic E-state index is 0.304. The summed E-state index contributed by atoms with van der Waals surface area (Å²) in [4.78, 5) is 0. The largest absolute Gasteiger partial charge is 0.461 e. The highest BCUT2D eigenvalue weighted by Crippen LogP contribution is 2.35. The number of rotatable bonds is 8. The molecule has 1 nitrogen and oxygen atoms in total. The fourth-order valence-electron chi connectivity index (χ4n) is 4.10. The van der Waals surface area contributed by atoms with Gasteiger partial charge in [0.05, 0.1) is 0 Å². The van der Waals surface area contributed by atoms with Gasteiger partial charge in [0.2, 0.25) is 0 Å². The summed E-state index contributed by atoms with van der Waals surface area (Å²) in [5.74, 6) is 6.92. The van der Waals surface area contributed by atoms with Gasteiger partial charge in [-0.05, 0) is 79.8 Å². The van der Waals surface area contributed by atoms with Crippen LogP contribution in [0.15, 0.2) is 48.5 Å². The summed E-state index contributed by atoms with van der Waals surface area (Å²) in [5.41, 5.74) is 3.47. The molecule has 172 valence electrons. The van der Waals surface area contributed by atoms with Crippen LogP contribution in [0.25, 0.3) is 0 Å². The summed E-state index contributed by atoms with van der Waals surface area (Å²) in [6, 6.07) is 14.6. The lowest BCUT2D eigenvalue weighted by Crippen LogP contribution is -2.33.